The molecule has 1 aliphatic rings. The standard InChI is InChI=1S/C19H7F3N4/c20-19(21,22)11-5-6-14-15(7-11)26-17-13-4-2-1-3-12(13)16(18(17)25-14)10(8-23)9-24/h1-7H. The Morgan fingerprint density at radius 2 is 1.50 bits per heavy atom. The lowest BCUT2D eigenvalue weighted by molar-refractivity contribution is -0.137. The van der Waals surface area contributed by atoms with Crippen molar-refractivity contribution in [3.8, 4) is 23.4 Å². The van der Waals surface area contributed by atoms with Crippen LogP contribution in [0.3, 0.4) is 0 Å². The monoisotopic (exact) mass is 348 g/mol. The first kappa shape index (κ1) is 15.8. The smallest absolute Gasteiger partial charge is 0.244 e. The fourth-order valence-corrected chi connectivity index (χ4v) is 3.02. The maximum atomic E-state index is 13.0. The van der Waals surface area contributed by atoms with E-state index < -0.39 is 11.7 Å². The number of rotatable bonds is 0. The van der Waals surface area contributed by atoms with Crippen LogP contribution >= 0.6 is 0 Å². The highest BCUT2D eigenvalue weighted by atomic mass is 19.4. The minimum atomic E-state index is -4.48. The Bertz CT molecular complexity index is 1180. The summed E-state index contributed by atoms with van der Waals surface area (Å²) in [6, 6.07) is 13.8. The summed E-state index contributed by atoms with van der Waals surface area (Å²) in [6.45, 7) is 0. The summed E-state index contributed by atoms with van der Waals surface area (Å²) in [4.78, 5) is 8.76. The Labute approximate surface area is 145 Å². The molecule has 0 atom stereocenters. The molecule has 0 spiro atoms. The summed E-state index contributed by atoms with van der Waals surface area (Å²) in [6.07, 6.45) is -4.48. The zero-order valence-corrected chi connectivity index (χ0v) is 13.0. The van der Waals surface area contributed by atoms with Crippen molar-refractivity contribution in [2.24, 2.45) is 0 Å². The quantitative estimate of drug-likeness (QED) is 0.439. The van der Waals surface area contributed by atoms with Crippen molar-refractivity contribution in [3.05, 3.63) is 64.9 Å². The van der Waals surface area contributed by atoms with E-state index in [1.807, 2.05) is 12.1 Å². The van der Waals surface area contributed by atoms with E-state index in [1.54, 1.807) is 24.3 Å². The molecule has 2 aromatic carbocycles. The van der Waals surface area contributed by atoms with Gasteiger partial charge in [0.15, 0.2) is 0 Å². The van der Waals surface area contributed by atoms with E-state index >= 15 is 0 Å². The molecule has 0 bridgehead atoms. The predicted molar refractivity (Wildman–Crippen MR) is 87.2 cm³/mol. The summed E-state index contributed by atoms with van der Waals surface area (Å²) in [5.74, 6) is 0. The van der Waals surface area contributed by atoms with Crippen molar-refractivity contribution < 1.29 is 13.2 Å². The zero-order chi connectivity index (χ0) is 18.5. The Balaban J connectivity index is 2.08. The molecule has 7 heteroatoms. The van der Waals surface area contributed by atoms with Gasteiger partial charge in [-0.05, 0) is 23.8 Å². The predicted octanol–water partition coefficient (Wildman–Crippen LogP) is 4.48. The SMILES string of the molecule is N#CC(C#N)=C1c2ccccc2-c2nc3cc(C(F)(F)F)ccc3nc21. The van der Waals surface area contributed by atoms with Gasteiger partial charge < -0.3 is 0 Å². The summed E-state index contributed by atoms with van der Waals surface area (Å²) >= 11 is 0. The van der Waals surface area contributed by atoms with Crippen LogP contribution in [0.25, 0.3) is 27.9 Å². The Morgan fingerprint density at radius 1 is 0.846 bits per heavy atom. The van der Waals surface area contributed by atoms with Crippen LogP contribution in [-0.4, -0.2) is 9.97 Å². The molecule has 1 aliphatic carbocycles. The highest BCUT2D eigenvalue weighted by Crippen LogP contribution is 2.44. The topological polar surface area (TPSA) is 73.4 Å². The number of allylic oxidation sites excluding steroid dienone is 1. The number of nitriles is 2. The molecule has 0 unspecified atom stereocenters. The first-order chi connectivity index (χ1) is 12.4. The van der Waals surface area contributed by atoms with Crippen LogP contribution in [0.1, 0.15) is 16.8 Å². The molecule has 1 heterocycles. The van der Waals surface area contributed by atoms with Crippen LogP contribution in [0.5, 0.6) is 0 Å². The second-order valence-corrected chi connectivity index (χ2v) is 5.64. The molecular formula is C19H7F3N4. The highest BCUT2D eigenvalue weighted by Gasteiger charge is 2.32. The minimum Gasteiger partial charge on any atom is -0.244 e. The lowest BCUT2D eigenvalue weighted by Gasteiger charge is -2.08. The molecule has 124 valence electrons. The Kier molecular flexibility index (Phi) is 3.28. The molecule has 0 saturated heterocycles. The van der Waals surface area contributed by atoms with E-state index in [4.69, 9.17) is 0 Å². The molecule has 0 aliphatic heterocycles. The van der Waals surface area contributed by atoms with Crippen molar-refractivity contribution in [1.29, 1.82) is 10.5 Å². The summed E-state index contributed by atoms with van der Waals surface area (Å²) in [5.41, 5.74) is 1.74. The second kappa shape index (κ2) is 5.40. The summed E-state index contributed by atoms with van der Waals surface area (Å²) in [5, 5.41) is 18.5. The van der Waals surface area contributed by atoms with Crippen LogP contribution in [0, 0.1) is 22.7 Å². The lowest BCUT2D eigenvalue weighted by atomic mass is 10.0. The van der Waals surface area contributed by atoms with Gasteiger partial charge >= 0.3 is 6.18 Å². The number of benzene rings is 2. The van der Waals surface area contributed by atoms with E-state index in [0.717, 1.165) is 12.1 Å². The number of alkyl halides is 3. The molecule has 0 N–H and O–H groups in total. The van der Waals surface area contributed by atoms with Gasteiger partial charge in [-0.15, -0.1) is 0 Å². The Morgan fingerprint density at radius 3 is 2.15 bits per heavy atom. The van der Waals surface area contributed by atoms with Gasteiger partial charge in [0.25, 0.3) is 0 Å². The van der Waals surface area contributed by atoms with Crippen LogP contribution in [0.4, 0.5) is 13.2 Å². The molecule has 0 saturated carbocycles. The molecule has 26 heavy (non-hydrogen) atoms. The van der Waals surface area contributed by atoms with Crippen molar-refractivity contribution >= 4 is 16.6 Å². The van der Waals surface area contributed by atoms with E-state index in [-0.39, 0.29) is 16.6 Å². The third-order valence-electron chi connectivity index (χ3n) is 4.15. The molecule has 1 aromatic heterocycles. The maximum Gasteiger partial charge on any atom is 0.416 e. The summed E-state index contributed by atoms with van der Waals surface area (Å²) in [7, 11) is 0. The van der Waals surface area contributed by atoms with Crippen molar-refractivity contribution in [2.75, 3.05) is 0 Å². The van der Waals surface area contributed by atoms with Gasteiger partial charge in [0.05, 0.1) is 28.0 Å². The second-order valence-electron chi connectivity index (χ2n) is 5.64. The Hall–Kier alpha value is -3.71. The van der Waals surface area contributed by atoms with Gasteiger partial charge in [0.2, 0.25) is 0 Å². The van der Waals surface area contributed by atoms with Gasteiger partial charge in [-0.25, -0.2) is 9.97 Å². The van der Waals surface area contributed by atoms with Crippen molar-refractivity contribution in [2.45, 2.75) is 6.18 Å². The largest absolute Gasteiger partial charge is 0.416 e. The van der Waals surface area contributed by atoms with Crippen LogP contribution < -0.4 is 0 Å². The molecule has 0 amide bonds. The molecule has 0 fully saturated rings. The minimum absolute atomic E-state index is 0.102. The zero-order valence-electron chi connectivity index (χ0n) is 13.0. The average molecular weight is 348 g/mol. The third kappa shape index (κ3) is 2.22. The molecule has 4 nitrogen and oxygen atoms in total. The van der Waals surface area contributed by atoms with E-state index in [9.17, 15) is 23.7 Å². The maximum absolute atomic E-state index is 13.0. The van der Waals surface area contributed by atoms with E-state index in [2.05, 4.69) is 9.97 Å². The van der Waals surface area contributed by atoms with Crippen LogP contribution in [-0.2, 0) is 6.18 Å². The van der Waals surface area contributed by atoms with Gasteiger partial charge in [-0.3, -0.25) is 0 Å². The number of hydrogen-bond donors (Lipinski definition) is 0. The van der Waals surface area contributed by atoms with Crippen molar-refractivity contribution in [3.63, 3.8) is 0 Å². The summed E-state index contributed by atoms with van der Waals surface area (Å²) < 4.78 is 38.9. The highest BCUT2D eigenvalue weighted by molar-refractivity contribution is 6.03. The molecular weight excluding hydrogens is 341 g/mol. The number of halogens is 3. The first-order valence-corrected chi connectivity index (χ1v) is 7.47. The number of nitrogens with zero attached hydrogens (tertiary/aromatic N) is 4. The molecule has 0 radical (unpaired) electrons. The third-order valence-corrected chi connectivity index (χ3v) is 4.15. The van der Waals surface area contributed by atoms with Crippen LogP contribution in [0.2, 0.25) is 0 Å². The van der Waals surface area contributed by atoms with Gasteiger partial charge in [0.1, 0.15) is 17.7 Å². The average Bonchev–Trinajstić information content (AvgIpc) is 2.94. The van der Waals surface area contributed by atoms with Gasteiger partial charge in [-0.1, -0.05) is 24.3 Å². The van der Waals surface area contributed by atoms with Gasteiger partial charge in [-0.2, -0.15) is 23.7 Å². The number of aromatic nitrogens is 2. The lowest BCUT2D eigenvalue weighted by Crippen LogP contribution is -2.05. The van der Waals surface area contributed by atoms with Crippen molar-refractivity contribution in [1.82, 2.24) is 9.97 Å². The normalized spacial score (nSPS) is 12.3. The first-order valence-electron chi connectivity index (χ1n) is 7.47. The fourth-order valence-electron chi connectivity index (χ4n) is 3.02. The molecule has 3 aromatic rings. The van der Waals surface area contributed by atoms with Crippen LogP contribution in [0.15, 0.2) is 48.0 Å². The molecule has 4 rings (SSSR count). The van der Waals surface area contributed by atoms with E-state index in [0.29, 0.717) is 28.1 Å². The van der Waals surface area contributed by atoms with Gasteiger partial charge in [0, 0.05) is 11.1 Å². The van der Waals surface area contributed by atoms with E-state index in [1.165, 1.54) is 6.07 Å². The number of hydrogen-bond acceptors (Lipinski definition) is 4. The fraction of sp³-hybridized carbons (Fsp3) is 0.0526. The number of fused-ring (bicyclic) bond motifs is 4.